The van der Waals surface area contributed by atoms with Crippen molar-refractivity contribution >= 4 is 29.3 Å². The van der Waals surface area contributed by atoms with Crippen molar-refractivity contribution in [3.05, 3.63) is 54.1 Å². The number of ether oxygens (including phenoxy) is 1. The summed E-state index contributed by atoms with van der Waals surface area (Å²) >= 11 is 1.48. The van der Waals surface area contributed by atoms with Gasteiger partial charge in [-0.15, -0.1) is 11.8 Å². The molecule has 1 N–H and O–H groups in total. The number of nitrogens with zero attached hydrogens (tertiary/aromatic N) is 1. The fraction of sp³-hybridized carbons (Fsp3) is 0.333. The number of methoxy groups -OCH3 is 1. The van der Waals surface area contributed by atoms with Crippen LogP contribution in [0, 0.1) is 0 Å². The van der Waals surface area contributed by atoms with Crippen molar-refractivity contribution < 1.29 is 14.3 Å². The molecule has 2 amide bonds. The van der Waals surface area contributed by atoms with Crippen LogP contribution in [-0.2, 0) is 9.59 Å². The first-order chi connectivity index (χ1) is 13.2. The van der Waals surface area contributed by atoms with Gasteiger partial charge in [0.15, 0.2) is 0 Å². The van der Waals surface area contributed by atoms with Crippen LogP contribution in [-0.4, -0.2) is 35.6 Å². The Bertz CT molecular complexity index is 870. The lowest BCUT2D eigenvalue weighted by molar-refractivity contribution is -0.133. The third-order valence-corrected chi connectivity index (χ3v) is 6.39. The summed E-state index contributed by atoms with van der Waals surface area (Å²) in [5.41, 5.74) is 1.91. The van der Waals surface area contributed by atoms with E-state index in [0.717, 1.165) is 41.3 Å². The molecule has 0 radical (unpaired) electrons. The van der Waals surface area contributed by atoms with Crippen LogP contribution in [0.3, 0.4) is 0 Å². The van der Waals surface area contributed by atoms with Crippen molar-refractivity contribution in [2.45, 2.75) is 35.4 Å². The summed E-state index contributed by atoms with van der Waals surface area (Å²) in [4.78, 5) is 28.4. The number of carbonyl (C=O) groups excluding carboxylic acids is 2. The number of thioether (sulfide) groups is 1. The topological polar surface area (TPSA) is 58.6 Å². The number of amides is 2. The number of benzene rings is 2. The monoisotopic (exact) mass is 382 g/mol. The molecule has 2 aliphatic heterocycles. The molecule has 27 heavy (non-hydrogen) atoms. The maximum atomic E-state index is 13.0. The second kappa shape index (κ2) is 7.64. The zero-order chi connectivity index (χ0) is 18.8. The van der Waals surface area contributed by atoms with E-state index in [1.165, 1.54) is 11.8 Å². The molecule has 2 aliphatic rings. The third kappa shape index (κ3) is 3.67. The minimum Gasteiger partial charge on any atom is -0.497 e. The van der Waals surface area contributed by atoms with Crippen molar-refractivity contribution in [3.8, 4) is 5.75 Å². The molecule has 2 aromatic rings. The highest BCUT2D eigenvalue weighted by molar-refractivity contribution is 8.01. The van der Waals surface area contributed by atoms with Gasteiger partial charge in [-0.1, -0.05) is 24.3 Å². The molecule has 0 bridgehead atoms. The SMILES string of the molecule is COc1cccc([C@H]2CCCN2C(=O)C[C@H]2Sc3ccccc3NC2=O)c1. The van der Waals surface area contributed by atoms with E-state index < -0.39 is 0 Å². The van der Waals surface area contributed by atoms with Crippen molar-refractivity contribution in [2.75, 3.05) is 19.0 Å². The Balaban J connectivity index is 1.48. The number of hydrogen-bond acceptors (Lipinski definition) is 4. The summed E-state index contributed by atoms with van der Waals surface area (Å²) < 4.78 is 5.32. The molecule has 5 nitrogen and oxygen atoms in total. The third-order valence-electron chi connectivity index (χ3n) is 5.12. The highest BCUT2D eigenvalue weighted by Crippen LogP contribution is 2.39. The Labute approximate surface area is 163 Å². The molecule has 0 saturated carbocycles. The minimum atomic E-state index is -0.390. The van der Waals surface area contributed by atoms with Gasteiger partial charge in [0.1, 0.15) is 5.75 Å². The van der Waals surface area contributed by atoms with Crippen molar-refractivity contribution in [2.24, 2.45) is 0 Å². The molecule has 140 valence electrons. The van der Waals surface area contributed by atoms with E-state index in [2.05, 4.69) is 5.32 Å². The maximum absolute atomic E-state index is 13.0. The lowest BCUT2D eigenvalue weighted by Crippen LogP contribution is -2.37. The van der Waals surface area contributed by atoms with Gasteiger partial charge < -0.3 is 15.0 Å². The van der Waals surface area contributed by atoms with Crippen LogP contribution < -0.4 is 10.1 Å². The van der Waals surface area contributed by atoms with E-state index >= 15 is 0 Å². The normalized spacial score (nSPS) is 21.5. The van der Waals surface area contributed by atoms with Crippen molar-refractivity contribution in [3.63, 3.8) is 0 Å². The van der Waals surface area contributed by atoms with Gasteiger partial charge in [-0.2, -0.15) is 0 Å². The molecule has 0 unspecified atom stereocenters. The minimum absolute atomic E-state index is 0.0346. The number of likely N-dealkylation sites (tertiary alicyclic amines) is 1. The first kappa shape index (κ1) is 17.9. The Morgan fingerprint density at radius 2 is 2.11 bits per heavy atom. The molecule has 1 fully saturated rings. The molecule has 2 atom stereocenters. The number of carbonyl (C=O) groups is 2. The molecular weight excluding hydrogens is 360 g/mol. The lowest BCUT2D eigenvalue weighted by atomic mass is 10.0. The van der Waals surface area contributed by atoms with Crippen LogP contribution in [0.25, 0.3) is 0 Å². The van der Waals surface area contributed by atoms with E-state index in [1.54, 1.807) is 7.11 Å². The summed E-state index contributed by atoms with van der Waals surface area (Å²) in [5.74, 6) is 0.738. The van der Waals surface area contributed by atoms with Gasteiger partial charge in [-0.25, -0.2) is 0 Å². The van der Waals surface area contributed by atoms with Gasteiger partial charge in [-0.3, -0.25) is 9.59 Å². The summed E-state index contributed by atoms with van der Waals surface area (Å²) in [6.07, 6.45) is 2.12. The number of fused-ring (bicyclic) bond motifs is 1. The van der Waals surface area contributed by atoms with Gasteiger partial charge in [0.25, 0.3) is 0 Å². The summed E-state index contributed by atoms with van der Waals surface area (Å²) in [5, 5.41) is 2.53. The quantitative estimate of drug-likeness (QED) is 0.872. The molecule has 6 heteroatoms. The molecule has 1 saturated heterocycles. The Hall–Kier alpha value is -2.47. The molecule has 2 aromatic carbocycles. The molecule has 4 rings (SSSR count). The average Bonchev–Trinajstić information content (AvgIpc) is 3.18. The standard InChI is InChI=1S/C21H22N2O3S/c1-26-15-7-4-6-14(12-15)17-9-5-11-23(17)20(24)13-19-21(25)22-16-8-2-3-10-18(16)27-19/h2-4,6-8,10,12,17,19H,5,9,11,13H2,1H3,(H,22,25)/t17-,19-/m1/s1. The van der Waals surface area contributed by atoms with Crippen molar-refractivity contribution in [1.29, 1.82) is 0 Å². The highest BCUT2D eigenvalue weighted by atomic mass is 32.2. The first-order valence-corrected chi connectivity index (χ1v) is 10.0. The molecular formula is C21H22N2O3S. The van der Waals surface area contributed by atoms with E-state index in [-0.39, 0.29) is 29.5 Å². The zero-order valence-electron chi connectivity index (χ0n) is 15.2. The summed E-state index contributed by atoms with van der Waals surface area (Å²) in [7, 11) is 1.65. The van der Waals surface area contributed by atoms with Gasteiger partial charge in [0.05, 0.1) is 24.1 Å². The van der Waals surface area contributed by atoms with Crippen molar-refractivity contribution in [1.82, 2.24) is 4.90 Å². The van der Waals surface area contributed by atoms with E-state index in [4.69, 9.17) is 4.74 Å². The average molecular weight is 382 g/mol. The van der Waals surface area contributed by atoms with Crippen LogP contribution in [0.2, 0.25) is 0 Å². The van der Waals surface area contributed by atoms with Gasteiger partial charge in [0.2, 0.25) is 11.8 Å². The Morgan fingerprint density at radius 3 is 2.96 bits per heavy atom. The first-order valence-electron chi connectivity index (χ1n) is 9.15. The van der Waals surface area contributed by atoms with Crippen LogP contribution in [0.15, 0.2) is 53.4 Å². The number of rotatable bonds is 4. The molecule has 0 aliphatic carbocycles. The van der Waals surface area contributed by atoms with Crippen LogP contribution in [0.1, 0.15) is 30.9 Å². The Kier molecular flexibility index (Phi) is 5.07. The number of anilines is 1. The van der Waals surface area contributed by atoms with E-state index in [0.29, 0.717) is 0 Å². The predicted octanol–water partition coefficient (Wildman–Crippen LogP) is 3.86. The largest absolute Gasteiger partial charge is 0.497 e. The predicted molar refractivity (Wildman–Crippen MR) is 106 cm³/mol. The molecule has 0 spiro atoms. The van der Waals surface area contributed by atoms with Crippen LogP contribution in [0.4, 0.5) is 5.69 Å². The Morgan fingerprint density at radius 1 is 1.26 bits per heavy atom. The van der Waals surface area contributed by atoms with Crippen LogP contribution >= 0.6 is 11.8 Å². The van der Waals surface area contributed by atoms with Gasteiger partial charge in [-0.05, 0) is 42.7 Å². The van der Waals surface area contributed by atoms with Crippen LogP contribution in [0.5, 0.6) is 5.75 Å². The number of hydrogen-bond donors (Lipinski definition) is 1. The lowest BCUT2D eigenvalue weighted by Gasteiger charge is -2.29. The molecule has 2 heterocycles. The summed E-state index contributed by atoms with van der Waals surface area (Å²) in [6.45, 7) is 0.732. The summed E-state index contributed by atoms with van der Waals surface area (Å²) in [6, 6.07) is 15.7. The zero-order valence-corrected chi connectivity index (χ0v) is 16.0. The fourth-order valence-corrected chi connectivity index (χ4v) is 4.87. The molecule has 0 aromatic heterocycles. The number of para-hydroxylation sites is 1. The van der Waals surface area contributed by atoms with E-state index in [1.807, 2.05) is 53.4 Å². The smallest absolute Gasteiger partial charge is 0.238 e. The maximum Gasteiger partial charge on any atom is 0.238 e. The van der Waals surface area contributed by atoms with E-state index in [9.17, 15) is 9.59 Å². The second-order valence-corrected chi connectivity index (χ2v) is 8.06. The van der Waals surface area contributed by atoms with Gasteiger partial charge >= 0.3 is 0 Å². The number of nitrogens with one attached hydrogen (secondary N) is 1. The van der Waals surface area contributed by atoms with Gasteiger partial charge in [0, 0.05) is 17.9 Å². The highest BCUT2D eigenvalue weighted by Gasteiger charge is 2.35. The fourth-order valence-electron chi connectivity index (χ4n) is 3.76. The second-order valence-electron chi connectivity index (χ2n) is 6.82.